The number of carbonyl (C=O) groups excluding carboxylic acids is 1. The van der Waals surface area contributed by atoms with E-state index in [9.17, 15) is 4.79 Å². The molecule has 2 nitrogen and oxygen atoms in total. The molecule has 0 aromatic carbocycles. The first-order valence-corrected chi connectivity index (χ1v) is 4.72. The minimum Gasteiger partial charge on any atom is -0.298 e. The Morgan fingerprint density at radius 2 is 2.38 bits per heavy atom. The third kappa shape index (κ3) is 1.48. The SMILES string of the molecule is CC1CCc2c(C=O)cncc2C1. The van der Waals surface area contributed by atoms with Crippen LogP contribution in [0.1, 0.15) is 34.8 Å². The van der Waals surface area contributed by atoms with Gasteiger partial charge < -0.3 is 0 Å². The third-order valence-electron chi connectivity index (χ3n) is 2.76. The van der Waals surface area contributed by atoms with Crippen molar-refractivity contribution in [2.45, 2.75) is 26.2 Å². The zero-order valence-electron chi connectivity index (χ0n) is 7.79. The molecule has 1 aromatic rings. The Kier molecular flexibility index (Phi) is 2.13. The fraction of sp³-hybridized carbons (Fsp3) is 0.455. The van der Waals surface area contributed by atoms with E-state index in [1.807, 2.05) is 6.20 Å². The molecule has 1 aliphatic rings. The van der Waals surface area contributed by atoms with Crippen LogP contribution in [0.25, 0.3) is 0 Å². The van der Waals surface area contributed by atoms with Crippen molar-refractivity contribution in [2.24, 2.45) is 5.92 Å². The van der Waals surface area contributed by atoms with Gasteiger partial charge >= 0.3 is 0 Å². The molecule has 0 bridgehead atoms. The number of hydrogen-bond acceptors (Lipinski definition) is 2. The molecular weight excluding hydrogens is 162 g/mol. The van der Waals surface area contributed by atoms with E-state index in [4.69, 9.17) is 0 Å². The highest BCUT2D eigenvalue weighted by Crippen LogP contribution is 2.26. The summed E-state index contributed by atoms with van der Waals surface area (Å²) in [7, 11) is 0. The van der Waals surface area contributed by atoms with E-state index in [2.05, 4.69) is 11.9 Å². The number of carbonyl (C=O) groups is 1. The van der Waals surface area contributed by atoms with Crippen LogP contribution in [-0.2, 0) is 12.8 Å². The Bertz CT molecular complexity index is 333. The quantitative estimate of drug-likeness (QED) is 0.611. The first-order chi connectivity index (χ1) is 6.31. The zero-order valence-corrected chi connectivity index (χ0v) is 7.79. The summed E-state index contributed by atoms with van der Waals surface area (Å²) >= 11 is 0. The van der Waals surface area contributed by atoms with Crippen molar-refractivity contribution in [2.75, 3.05) is 0 Å². The van der Waals surface area contributed by atoms with Gasteiger partial charge in [0.1, 0.15) is 0 Å². The minimum absolute atomic E-state index is 0.733. The van der Waals surface area contributed by atoms with Gasteiger partial charge in [0.05, 0.1) is 0 Å². The molecule has 13 heavy (non-hydrogen) atoms. The van der Waals surface area contributed by atoms with Crippen molar-refractivity contribution >= 4 is 6.29 Å². The molecular formula is C11H13NO. The van der Waals surface area contributed by atoms with E-state index in [-0.39, 0.29) is 0 Å². The van der Waals surface area contributed by atoms with E-state index in [0.717, 1.165) is 30.6 Å². The number of aldehydes is 1. The molecule has 1 atom stereocenters. The van der Waals surface area contributed by atoms with Crippen molar-refractivity contribution in [3.8, 4) is 0 Å². The largest absolute Gasteiger partial charge is 0.298 e. The second-order valence-corrected chi connectivity index (χ2v) is 3.83. The molecule has 0 aliphatic heterocycles. The lowest BCUT2D eigenvalue weighted by Gasteiger charge is -2.21. The van der Waals surface area contributed by atoms with Gasteiger partial charge in [0, 0.05) is 18.0 Å². The van der Waals surface area contributed by atoms with Crippen LogP contribution in [0.5, 0.6) is 0 Å². The molecule has 2 rings (SSSR count). The number of rotatable bonds is 1. The van der Waals surface area contributed by atoms with Gasteiger partial charge in [-0.1, -0.05) is 6.92 Å². The van der Waals surface area contributed by atoms with Crippen molar-refractivity contribution in [1.82, 2.24) is 4.98 Å². The molecule has 0 saturated heterocycles. The van der Waals surface area contributed by atoms with Gasteiger partial charge in [0.25, 0.3) is 0 Å². The molecule has 0 N–H and O–H groups in total. The van der Waals surface area contributed by atoms with Crippen LogP contribution in [0.15, 0.2) is 12.4 Å². The average molecular weight is 175 g/mol. The van der Waals surface area contributed by atoms with Crippen LogP contribution >= 0.6 is 0 Å². The zero-order chi connectivity index (χ0) is 9.26. The van der Waals surface area contributed by atoms with Crippen LogP contribution in [0.4, 0.5) is 0 Å². The predicted octanol–water partition coefficient (Wildman–Crippen LogP) is 2.02. The molecule has 0 spiro atoms. The Morgan fingerprint density at radius 1 is 1.54 bits per heavy atom. The van der Waals surface area contributed by atoms with E-state index in [1.165, 1.54) is 17.5 Å². The van der Waals surface area contributed by atoms with Gasteiger partial charge in [-0.3, -0.25) is 9.78 Å². The standard InChI is InChI=1S/C11H13NO/c1-8-2-3-11-9(4-8)5-12-6-10(11)7-13/h5-8H,2-4H2,1H3. The second-order valence-electron chi connectivity index (χ2n) is 3.83. The fourth-order valence-electron chi connectivity index (χ4n) is 2.00. The molecule has 0 radical (unpaired) electrons. The van der Waals surface area contributed by atoms with Crippen molar-refractivity contribution < 1.29 is 4.79 Å². The highest BCUT2D eigenvalue weighted by Gasteiger charge is 2.17. The summed E-state index contributed by atoms with van der Waals surface area (Å²) in [6, 6.07) is 0. The van der Waals surface area contributed by atoms with Crippen LogP contribution in [0.3, 0.4) is 0 Å². The summed E-state index contributed by atoms with van der Waals surface area (Å²) in [4.78, 5) is 14.8. The maximum atomic E-state index is 10.7. The molecule has 0 fully saturated rings. The first kappa shape index (κ1) is 8.42. The van der Waals surface area contributed by atoms with Gasteiger partial charge in [-0.25, -0.2) is 0 Å². The molecule has 0 saturated carbocycles. The van der Waals surface area contributed by atoms with Gasteiger partial charge in [0.15, 0.2) is 6.29 Å². The number of hydrogen-bond donors (Lipinski definition) is 0. The van der Waals surface area contributed by atoms with Gasteiger partial charge in [-0.05, 0) is 36.3 Å². The van der Waals surface area contributed by atoms with Crippen LogP contribution in [-0.4, -0.2) is 11.3 Å². The first-order valence-electron chi connectivity index (χ1n) is 4.72. The third-order valence-corrected chi connectivity index (χ3v) is 2.76. The number of aromatic nitrogens is 1. The summed E-state index contributed by atoms with van der Waals surface area (Å²) in [5, 5.41) is 0. The molecule has 0 amide bonds. The Morgan fingerprint density at radius 3 is 3.15 bits per heavy atom. The lowest BCUT2D eigenvalue weighted by Crippen LogP contribution is -2.13. The van der Waals surface area contributed by atoms with Crippen LogP contribution < -0.4 is 0 Å². The summed E-state index contributed by atoms with van der Waals surface area (Å²) in [5.74, 6) is 0.733. The highest BCUT2D eigenvalue weighted by atomic mass is 16.1. The normalized spacial score (nSPS) is 20.8. The molecule has 1 aliphatic carbocycles. The van der Waals surface area contributed by atoms with Crippen molar-refractivity contribution in [1.29, 1.82) is 0 Å². The number of nitrogens with zero attached hydrogens (tertiary/aromatic N) is 1. The predicted molar refractivity (Wildman–Crippen MR) is 50.8 cm³/mol. The van der Waals surface area contributed by atoms with Crippen molar-refractivity contribution in [3.05, 3.63) is 29.1 Å². The smallest absolute Gasteiger partial charge is 0.151 e. The molecule has 2 heteroatoms. The Balaban J connectivity index is 2.45. The Hall–Kier alpha value is -1.18. The summed E-state index contributed by atoms with van der Waals surface area (Å²) in [5.41, 5.74) is 3.27. The minimum atomic E-state index is 0.733. The summed E-state index contributed by atoms with van der Waals surface area (Å²) in [6.45, 7) is 2.25. The summed E-state index contributed by atoms with van der Waals surface area (Å²) < 4.78 is 0. The van der Waals surface area contributed by atoms with Crippen LogP contribution in [0, 0.1) is 5.92 Å². The van der Waals surface area contributed by atoms with E-state index >= 15 is 0 Å². The lowest BCUT2D eigenvalue weighted by atomic mass is 9.84. The Labute approximate surface area is 78.0 Å². The fourth-order valence-corrected chi connectivity index (χ4v) is 2.00. The van der Waals surface area contributed by atoms with E-state index in [1.54, 1.807) is 6.20 Å². The van der Waals surface area contributed by atoms with Crippen LogP contribution in [0.2, 0.25) is 0 Å². The highest BCUT2D eigenvalue weighted by molar-refractivity contribution is 5.77. The monoisotopic (exact) mass is 175 g/mol. The van der Waals surface area contributed by atoms with E-state index in [0.29, 0.717) is 0 Å². The van der Waals surface area contributed by atoms with Crippen molar-refractivity contribution in [3.63, 3.8) is 0 Å². The number of pyridine rings is 1. The average Bonchev–Trinajstić information content (AvgIpc) is 2.16. The van der Waals surface area contributed by atoms with Gasteiger partial charge in [-0.15, -0.1) is 0 Å². The molecule has 1 unspecified atom stereocenters. The maximum Gasteiger partial charge on any atom is 0.151 e. The van der Waals surface area contributed by atoms with Gasteiger partial charge in [0.2, 0.25) is 0 Å². The lowest BCUT2D eigenvalue weighted by molar-refractivity contribution is 0.112. The van der Waals surface area contributed by atoms with Gasteiger partial charge in [-0.2, -0.15) is 0 Å². The number of fused-ring (bicyclic) bond motifs is 1. The second kappa shape index (κ2) is 3.29. The van der Waals surface area contributed by atoms with E-state index < -0.39 is 0 Å². The summed E-state index contributed by atoms with van der Waals surface area (Å²) in [6.07, 6.45) is 7.79. The topological polar surface area (TPSA) is 30.0 Å². The molecule has 1 heterocycles. The maximum absolute atomic E-state index is 10.7. The molecule has 68 valence electrons. The molecule has 1 aromatic heterocycles.